The molecule has 0 aromatic rings. The summed E-state index contributed by atoms with van der Waals surface area (Å²) in [5.41, 5.74) is 0. The summed E-state index contributed by atoms with van der Waals surface area (Å²) in [7, 11) is 0. The Kier molecular flexibility index (Phi) is 9.78. The Balaban J connectivity index is 1.75. The third kappa shape index (κ3) is 8.60. The Morgan fingerprint density at radius 2 is 1.45 bits per heavy atom. The van der Waals surface area contributed by atoms with Gasteiger partial charge in [-0.05, 0) is 18.3 Å². The lowest BCUT2D eigenvalue weighted by Gasteiger charge is -2.14. The van der Waals surface area contributed by atoms with Crippen LogP contribution in [0.15, 0.2) is 0 Å². The lowest BCUT2D eigenvalue weighted by molar-refractivity contribution is -0.137. The summed E-state index contributed by atoms with van der Waals surface area (Å²) in [5.74, 6) is 1.37. The van der Waals surface area contributed by atoms with Gasteiger partial charge in [0.2, 0.25) is 0 Å². The number of unbranched alkanes of at least 4 members (excludes halogenated alkanes) is 8. The summed E-state index contributed by atoms with van der Waals surface area (Å²) in [6.07, 6.45) is 17.7. The van der Waals surface area contributed by atoms with Crippen LogP contribution in [0.5, 0.6) is 0 Å². The van der Waals surface area contributed by atoms with E-state index in [1.807, 2.05) is 0 Å². The first-order chi connectivity index (χ1) is 9.70. The largest absolute Gasteiger partial charge is 0.481 e. The zero-order chi connectivity index (χ0) is 14.6. The maximum atomic E-state index is 10.4. The van der Waals surface area contributed by atoms with E-state index in [2.05, 4.69) is 6.92 Å². The molecule has 0 aliphatic heterocycles. The van der Waals surface area contributed by atoms with Crippen molar-refractivity contribution in [2.45, 2.75) is 96.8 Å². The summed E-state index contributed by atoms with van der Waals surface area (Å²) in [4.78, 5) is 10.4. The van der Waals surface area contributed by atoms with Crippen LogP contribution in [0.1, 0.15) is 96.8 Å². The normalized spacial score (nSPS) is 22.2. The van der Waals surface area contributed by atoms with Crippen molar-refractivity contribution in [3.8, 4) is 0 Å². The molecule has 118 valence electrons. The minimum atomic E-state index is -0.651. The van der Waals surface area contributed by atoms with Crippen LogP contribution in [0.25, 0.3) is 0 Å². The average Bonchev–Trinajstić information content (AvgIpc) is 2.81. The summed E-state index contributed by atoms with van der Waals surface area (Å²) >= 11 is 0. The Bertz CT molecular complexity index is 250. The fourth-order valence-corrected chi connectivity index (χ4v) is 3.57. The number of carbonyl (C=O) groups is 1. The summed E-state index contributed by atoms with van der Waals surface area (Å²) in [6.45, 7) is 2.43. The van der Waals surface area contributed by atoms with Gasteiger partial charge in [0.15, 0.2) is 0 Å². The zero-order valence-electron chi connectivity index (χ0n) is 13.4. The number of hydrogen-bond acceptors (Lipinski definition) is 1. The van der Waals surface area contributed by atoms with Crippen molar-refractivity contribution in [1.29, 1.82) is 0 Å². The predicted molar refractivity (Wildman–Crippen MR) is 84.9 cm³/mol. The number of hydrogen-bond donors (Lipinski definition) is 1. The van der Waals surface area contributed by atoms with E-state index in [9.17, 15) is 4.79 Å². The van der Waals surface area contributed by atoms with E-state index in [1.165, 1.54) is 70.6 Å². The van der Waals surface area contributed by atoms with Crippen LogP contribution in [0.3, 0.4) is 0 Å². The van der Waals surface area contributed by atoms with Crippen LogP contribution in [-0.2, 0) is 4.79 Å². The van der Waals surface area contributed by atoms with Crippen LogP contribution in [0.4, 0.5) is 0 Å². The molecule has 2 atom stereocenters. The predicted octanol–water partition coefficient (Wildman–Crippen LogP) is 5.80. The maximum absolute atomic E-state index is 10.4. The first-order valence-corrected chi connectivity index (χ1v) is 8.92. The summed E-state index contributed by atoms with van der Waals surface area (Å²) in [5, 5.41) is 8.53. The van der Waals surface area contributed by atoms with Crippen molar-refractivity contribution >= 4 is 5.97 Å². The SMILES string of the molecule is CC1CCCC1CCCCCCCCCCCC(=O)O. The van der Waals surface area contributed by atoms with Crippen molar-refractivity contribution < 1.29 is 9.90 Å². The molecule has 1 N–H and O–H groups in total. The third-order valence-electron chi connectivity index (χ3n) is 5.00. The molecule has 0 saturated heterocycles. The number of carboxylic acid groups (broad SMARTS) is 1. The average molecular weight is 282 g/mol. The van der Waals surface area contributed by atoms with Gasteiger partial charge in [0.1, 0.15) is 0 Å². The Morgan fingerprint density at radius 1 is 0.900 bits per heavy atom. The van der Waals surface area contributed by atoms with E-state index in [0.29, 0.717) is 6.42 Å². The smallest absolute Gasteiger partial charge is 0.303 e. The van der Waals surface area contributed by atoms with Gasteiger partial charge in [-0.15, -0.1) is 0 Å². The molecule has 1 aliphatic rings. The molecule has 0 heterocycles. The van der Waals surface area contributed by atoms with E-state index in [0.717, 1.165) is 24.7 Å². The lowest BCUT2D eigenvalue weighted by atomic mass is 9.92. The maximum Gasteiger partial charge on any atom is 0.303 e. The van der Waals surface area contributed by atoms with E-state index < -0.39 is 5.97 Å². The van der Waals surface area contributed by atoms with Crippen molar-refractivity contribution in [3.05, 3.63) is 0 Å². The second-order valence-electron chi connectivity index (χ2n) is 6.78. The molecule has 0 bridgehead atoms. The summed E-state index contributed by atoms with van der Waals surface area (Å²) in [6, 6.07) is 0. The Morgan fingerprint density at radius 3 is 1.95 bits per heavy atom. The topological polar surface area (TPSA) is 37.3 Å². The molecule has 1 saturated carbocycles. The van der Waals surface area contributed by atoms with Gasteiger partial charge in [-0.25, -0.2) is 0 Å². The Labute approximate surface area is 125 Å². The molecule has 1 fully saturated rings. The van der Waals surface area contributed by atoms with E-state index in [-0.39, 0.29) is 0 Å². The van der Waals surface area contributed by atoms with Gasteiger partial charge in [0.05, 0.1) is 0 Å². The van der Waals surface area contributed by atoms with Crippen molar-refractivity contribution in [3.63, 3.8) is 0 Å². The Hall–Kier alpha value is -0.530. The number of rotatable bonds is 12. The quantitative estimate of drug-likeness (QED) is 0.459. The van der Waals surface area contributed by atoms with Gasteiger partial charge in [-0.1, -0.05) is 84.0 Å². The third-order valence-corrected chi connectivity index (χ3v) is 5.00. The highest BCUT2D eigenvalue weighted by molar-refractivity contribution is 5.66. The molecule has 20 heavy (non-hydrogen) atoms. The number of aliphatic carboxylic acids is 1. The van der Waals surface area contributed by atoms with Gasteiger partial charge in [0, 0.05) is 6.42 Å². The molecule has 2 unspecified atom stereocenters. The highest BCUT2D eigenvalue weighted by atomic mass is 16.4. The van der Waals surface area contributed by atoms with Gasteiger partial charge >= 0.3 is 5.97 Å². The van der Waals surface area contributed by atoms with Gasteiger partial charge < -0.3 is 5.11 Å². The van der Waals surface area contributed by atoms with Crippen LogP contribution in [0.2, 0.25) is 0 Å². The standard InChI is InChI=1S/C18H34O2/c1-16-12-11-14-17(16)13-9-7-5-3-2-4-6-8-10-15-18(19)20/h16-17H,2-15H2,1H3,(H,19,20). The van der Waals surface area contributed by atoms with E-state index in [4.69, 9.17) is 5.11 Å². The second kappa shape index (κ2) is 11.2. The first-order valence-electron chi connectivity index (χ1n) is 8.92. The fourth-order valence-electron chi connectivity index (χ4n) is 3.57. The van der Waals surface area contributed by atoms with Crippen LogP contribution in [0, 0.1) is 11.8 Å². The molecular weight excluding hydrogens is 248 g/mol. The second-order valence-corrected chi connectivity index (χ2v) is 6.78. The molecule has 2 nitrogen and oxygen atoms in total. The van der Waals surface area contributed by atoms with Gasteiger partial charge in [-0.2, -0.15) is 0 Å². The van der Waals surface area contributed by atoms with Gasteiger partial charge in [-0.3, -0.25) is 4.79 Å². The minimum Gasteiger partial charge on any atom is -0.481 e. The van der Waals surface area contributed by atoms with Gasteiger partial charge in [0.25, 0.3) is 0 Å². The zero-order valence-corrected chi connectivity index (χ0v) is 13.4. The highest BCUT2D eigenvalue weighted by Crippen LogP contribution is 2.34. The van der Waals surface area contributed by atoms with Crippen LogP contribution < -0.4 is 0 Å². The molecule has 1 aliphatic carbocycles. The van der Waals surface area contributed by atoms with Crippen molar-refractivity contribution in [1.82, 2.24) is 0 Å². The molecule has 0 aromatic heterocycles. The molecule has 1 rings (SSSR count). The lowest BCUT2D eigenvalue weighted by Crippen LogP contribution is -2.03. The van der Waals surface area contributed by atoms with E-state index >= 15 is 0 Å². The summed E-state index contributed by atoms with van der Waals surface area (Å²) < 4.78 is 0. The minimum absolute atomic E-state index is 0.347. The molecule has 0 radical (unpaired) electrons. The monoisotopic (exact) mass is 282 g/mol. The highest BCUT2D eigenvalue weighted by Gasteiger charge is 2.22. The van der Waals surface area contributed by atoms with Crippen molar-refractivity contribution in [2.75, 3.05) is 0 Å². The molecule has 0 amide bonds. The van der Waals surface area contributed by atoms with E-state index in [1.54, 1.807) is 0 Å². The molecule has 0 aromatic carbocycles. The fraction of sp³-hybridized carbons (Fsp3) is 0.944. The molecular formula is C18H34O2. The van der Waals surface area contributed by atoms with Crippen LogP contribution >= 0.6 is 0 Å². The number of carboxylic acids is 1. The molecule has 2 heteroatoms. The molecule has 0 spiro atoms. The first kappa shape index (κ1) is 17.5. The van der Waals surface area contributed by atoms with Crippen molar-refractivity contribution in [2.24, 2.45) is 11.8 Å². The van der Waals surface area contributed by atoms with Crippen LogP contribution in [-0.4, -0.2) is 11.1 Å².